The highest BCUT2D eigenvalue weighted by Crippen LogP contribution is 2.21. The number of nitrogens with two attached hydrogens (primary N) is 1. The normalized spacial score (nSPS) is 11.7. The fourth-order valence-corrected chi connectivity index (χ4v) is 2.47. The minimum Gasteiger partial charge on any atom is -0.370 e. The van der Waals surface area contributed by atoms with Gasteiger partial charge in [-0.25, -0.2) is 0 Å². The van der Waals surface area contributed by atoms with E-state index in [4.69, 9.17) is 10.5 Å². The van der Waals surface area contributed by atoms with Crippen LogP contribution in [0.15, 0.2) is 15.9 Å². The fourth-order valence-electron chi connectivity index (χ4n) is 1.05. The second-order valence-corrected chi connectivity index (χ2v) is 5.43. The molecule has 1 unspecified atom stereocenters. The Bertz CT molecular complexity index is 331. The number of hydrogen-bond acceptors (Lipinski definition) is 4. The summed E-state index contributed by atoms with van der Waals surface area (Å²) in [6.45, 7) is 0.700. The number of carbonyl (C=O) groups is 1. The second-order valence-electron chi connectivity index (χ2n) is 2.88. The molecule has 1 atom stereocenters. The van der Waals surface area contributed by atoms with Crippen LogP contribution < -0.4 is 11.1 Å². The monoisotopic (exact) mass is 328 g/mol. The Morgan fingerprint density at radius 3 is 2.81 bits per heavy atom. The van der Waals surface area contributed by atoms with Gasteiger partial charge in [0, 0.05) is 18.5 Å². The molecule has 1 rings (SSSR count). The van der Waals surface area contributed by atoms with E-state index in [0.29, 0.717) is 6.54 Å². The van der Waals surface area contributed by atoms with Crippen molar-refractivity contribution in [2.45, 2.75) is 12.6 Å². The van der Waals surface area contributed by atoms with Gasteiger partial charge in [-0.15, -0.1) is 23.7 Å². The largest absolute Gasteiger partial charge is 0.370 e. The summed E-state index contributed by atoms with van der Waals surface area (Å²) >= 11 is 4.94. The Hall–Kier alpha value is -0.140. The van der Waals surface area contributed by atoms with E-state index in [0.717, 1.165) is 8.66 Å². The Morgan fingerprint density at radius 2 is 2.38 bits per heavy atom. The van der Waals surface area contributed by atoms with Crippen molar-refractivity contribution in [3.05, 3.63) is 20.8 Å². The Kier molecular flexibility index (Phi) is 7.96. The van der Waals surface area contributed by atoms with Crippen LogP contribution in [-0.2, 0) is 16.1 Å². The van der Waals surface area contributed by atoms with Gasteiger partial charge in [-0.2, -0.15) is 0 Å². The van der Waals surface area contributed by atoms with E-state index in [9.17, 15) is 4.79 Å². The van der Waals surface area contributed by atoms with Crippen molar-refractivity contribution in [2.75, 3.05) is 13.7 Å². The molecule has 3 N–H and O–H groups in total. The summed E-state index contributed by atoms with van der Waals surface area (Å²) < 4.78 is 5.96. The molecule has 0 bridgehead atoms. The standard InChI is InChI=1S/C9H13BrN2O2S.ClH/c1-14-7(4-11)9(13)12-5-6-2-3-8(10)15-6;/h2-3,7H,4-5,11H2,1H3,(H,12,13);1H. The van der Waals surface area contributed by atoms with Gasteiger partial charge in [0.2, 0.25) is 0 Å². The third-order valence-corrected chi connectivity index (χ3v) is 3.48. The summed E-state index contributed by atoms with van der Waals surface area (Å²) in [5.41, 5.74) is 5.37. The lowest BCUT2D eigenvalue weighted by Gasteiger charge is -2.12. The zero-order valence-electron chi connectivity index (χ0n) is 8.73. The molecule has 0 aliphatic carbocycles. The average Bonchev–Trinajstić information content (AvgIpc) is 2.63. The predicted octanol–water partition coefficient (Wildman–Crippen LogP) is 1.52. The molecule has 0 aliphatic rings. The molecule has 1 heterocycles. The van der Waals surface area contributed by atoms with Crippen LogP contribution in [0.5, 0.6) is 0 Å². The molecule has 0 aromatic carbocycles. The maximum absolute atomic E-state index is 11.5. The van der Waals surface area contributed by atoms with Gasteiger partial charge in [0.15, 0.2) is 0 Å². The van der Waals surface area contributed by atoms with Crippen LogP contribution in [0.1, 0.15) is 4.88 Å². The molecule has 0 saturated carbocycles. The van der Waals surface area contributed by atoms with Gasteiger partial charge in [-0.1, -0.05) is 0 Å². The molecule has 0 fully saturated rings. The maximum atomic E-state index is 11.5. The number of methoxy groups -OCH3 is 1. The van der Waals surface area contributed by atoms with Crippen LogP contribution in [-0.4, -0.2) is 25.7 Å². The van der Waals surface area contributed by atoms with E-state index in [1.165, 1.54) is 7.11 Å². The Labute approximate surface area is 113 Å². The van der Waals surface area contributed by atoms with E-state index < -0.39 is 6.10 Å². The van der Waals surface area contributed by atoms with Gasteiger partial charge in [0.25, 0.3) is 5.91 Å². The Balaban J connectivity index is 0.00000225. The highest BCUT2D eigenvalue weighted by Gasteiger charge is 2.14. The van der Waals surface area contributed by atoms with Gasteiger partial charge >= 0.3 is 0 Å². The van der Waals surface area contributed by atoms with Crippen molar-refractivity contribution in [2.24, 2.45) is 5.73 Å². The average molecular weight is 330 g/mol. The molecular weight excluding hydrogens is 316 g/mol. The molecule has 0 saturated heterocycles. The summed E-state index contributed by atoms with van der Waals surface area (Å²) in [6, 6.07) is 3.90. The smallest absolute Gasteiger partial charge is 0.250 e. The second kappa shape index (κ2) is 8.03. The quantitative estimate of drug-likeness (QED) is 0.861. The van der Waals surface area contributed by atoms with E-state index in [1.807, 2.05) is 12.1 Å². The number of halogens is 2. The van der Waals surface area contributed by atoms with Crippen LogP contribution >= 0.6 is 39.7 Å². The first kappa shape index (κ1) is 15.9. The number of nitrogens with one attached hydrogen (secondary N) is 1. The number of hydrogen-bond donors (Lipinski definition) is 2. The molecular formula is C9H14BrClN2O2S. The van der Waals surface area contributed by atoms with Crippen LogP contribution in [0, 0.1) is 0 Å². The van der Waals surface area contributed by atoms with Crippen molar-refractivity contribution >= 4 is 45.6 Å². The summed E-state index contributed by atoms with van der Waals surface area (Å²) in [5, 5.41) is 2.76. The van der Waals surface area contributed by atoms with Crippen LogP contribution in [0.3, 0.4) is 0 Å². The zero-order chi connectivity index (χ0) is 11.3. The minimum atomic E-state index is -0.562. The third kappa shape index (κ3) is 4.80. The summed E-state index contributed by atoms with van der Waals surface area (Å²) in [5.74, 6) is -0.176. The van der Waals surface area contributed by atoms with Gasteiger partial charge in [-0.3, -0.25) is 4.79 Å². The van der Waals surface area contributed by atoms with Gasteiger partial charge in [0.1, 0.15) is 6.10 Å². The van der Waals surface area contributed by atoms with E-state index >= 15 is 0 Å². The van der Waals surface area contributed by atoms with E-state index in [2.05, 4.69) is 21.2 Å². The van der Waals surface area contributed by atoms with Crippen LogP contribution in [0.4, 0.5) is 0 Å². The predicted molar refractivity (Wildman–Crippen MR) is 71.0 cm³/mol. The number of ether oxygens (including phenoxy) is 1. The molecule has 0 radical (unpaired) electrons. The molecule has 92 valence electrons. The summed E-state index contributed by atoms with van der Waals surface area (Å²) in [4.78, 5) is 12.5. The van der Waals surface area contributed by atoms with Gasteiger partial charge in [-0.05, 0) is 28.1 Å². The Morgan fingerprint density at radius 1 is 1.69 bits per heavy atom. The minimum absolute atomic E-state index is 0. The first-order valence-electron chi connectivity index (χ1n) is 4.42. The van der Waals surface area contributed by atoms with Crippen molar-refractivity contribution in [1.82, 2.24) is 5.32 Å². The van der Waals surface area contributed by atoms with Crippen LogP contribution in [0.25, 0.3) is 0 Å². The number of carbonyl (C=O) groups excluding carboxylic acids is 1. The lowest BCUT2D eigenvalue weighted by Crippen LogP contribution is -2.40. The number of amides is 1. The number of rotatable bonds is 5. The maximum Gasteiger partial charge on any atom is 0.250 e. The van der Waals surface area contributed by atoms with Crippen LogP contribution in [0.2, 0.25) is 0 Å². The molecule has 0 spiro atoms. The summed E-state index contributed by atoms with van der Waals surface area (Å²) in [7, 11) is 1.47. The molecule has 1 aromatic rings. The van der Waals surface area contributed by atoms with Gasteiger partial charge < -0.3 is 15.8 Å². The first-order chi connectivity index (χ1) is 7.17. The SMILES string of the molecule is COC(CN)C(=O)NCc1ccc(Br)s1.Cl. The van der Waals surface area contributed by atoms with Crippen molar-refractivity contribution in [1.29, 1.82) is 0 Å². The lowest BCUT2D eigenvalue weighted by atomic mass is 10.3. The molecule has 4 nitrogen and oxygen atoms in total. The van der Waals surface area contributed by atoms with Crippen molar-refractivity contribution < 1.29 is 9.53 Å². The van der Waals surface area contributed by atoms with E-state index in [1.54, 1.807) is 11.3 Å². The van der Waals surface area contributed by atoms with Crippen molar-refractivity contribution in [3.8, 4) is 0 Å². The van der Waals surface area contributed by atoms with Crippen molar-refractivity contribution in [3.63, 3.8) is 0 Å². The molecule has 7 heteroatoms. The highest BCUT2D eigenvalue weighted by molar-refractivity contribution is 9.11. The molecule has 0 aliphatic heterocycles. The molecule has 1 amide bonds. The van der Waals surface area contributed by atoms with Gasteiger partial charge in [0.05, 0.1) is 10.3 Å². The lowest BCUT2D eigenvalue weighted by molar-refractivity contribution is -0.130. The van der Waals surface area contributed by atoms with E-state index in [-0.39, 0.29) is 24.9 Å². The molecule has 1 aromatic heterocycles. The topological polar surface area (TPSA) is 64.3 Å². The highest BCUT2D eigenvalue weighted by atomic mass is 79.9. The number of thiophene rings is 1. The molecule has 16 heavy (non-hydrogen) atoms. The first-order valence-corrected chi connectivity index (χ1v) is 6.03. The zero-order valence-corrected chi connectivity index (χ0v) is 12.0. The summed E-state index contributed by atoms with van der Waals surface area (Å²) in [6.07, 6.45) is -0.562. The fraction of sp³-hybridized carbons (Fsp3) is 0.444. The third-order valence-electron chi connectivity index (χ3n) is 1.86.